The summed E-state index contributed by atoms with van der Waals surface area (Å²) in [6.45, 7) is 5.34. The van der Waals surface area contributed by atoms with Crippen LogP contribution in [-0.2, 0) is 9.53 Å². The third-order valence-electron chi connectivity index (χ3n) is 2.92. The number of carbonyl (C=O) groups excluding carboxylic acids is 1. The van der Waals surface area contributed by atoms with Crippen molar-refractivity contribution in [3.05, 3.63) is 30.1 Å². The molecule has 0 aliphatic carbocycles. The van der Waals surface area contributed by atoms with Crippen molar-refractivity contribution in [3.63, 3.8) is 0 Å². The SMILES string of the molecule is CCCNC(CN(C)c1cccc(F)c1)C(=O)OCC. The molecule has 0 fully saturated rings. The third kappa shape index (κ3) is 5.17. The van der Waals surface area contributed by atoms with Gasteiger partial charge in [0, 0.05) is 19.3 Å². The molecule has 4 nitrogen and oxygen atoms in total. The number of nitrogens with one attached hydrogen (secondary N) is 1. The molecule has 0 aromatic heterocycles. The average Bonchev–Trinajstić information content (AvgIpc) is 2.43. The van der Waals surface area contributed by atoms with Crippen LogP contribution in [0.2, 0.25) is 0 Å². The van der Waals surface area contributed by atoms with Gasteiger partial charge in [-0.1, -0.05) is 13.0 Å². The van der Waals surface area contributed by atoms with E-state index >= 15 is 0 Å². The zero-order chi connectivity index (χ0) is 15.0. The first-order valence-corrected chi connectivity index (χ1v) is 6.95. The molecule has 0 bridgehead atoms. The van der Waals surface area contributed by atoms with E-state index in [4.69, 9.17) is 4.74 Å². The number of likely N-dealkylation sites (N-methyl/N-ethyl adjacent to an activating group) is 1. The summed E-state index contributed by atoms with van der Waals surface area (Å²) in [5.41, 5.74) is 0.734. The first kappa shape index (κ1) is 16.4. The van der Waals surface area contributed by atoms with Crippen LogP contribution in [0.5, 0.6) is 0 Å². The Kier molecular flexibility index (Phi) is 7.01. The molecule has 112 valence electrons. The van der Waals surface area contributed by atoms with E-state index in [0.717, 1.165) is 18.7 Å². The summed E-state index contributed by atoms with van der Waals surface area (Å²) in [6.07, 6.45) is 0.930. The van der Waals surface area contributed by atoms with Gasteiger partial charge >= 0.3 is 5.97 Å². The molecule has 0 saturated heterocycles. The number of nitrogens with zero attached hydrogens (tertiary/aromatic N) is 1. The number of ether oxygens (including phenoxy) is 1. The first-order chi connectivity index (χ1) is 9.58. The molecule has 5 heteroatoms. The summed E-state index contributed by atoms with van der Waals surface area (Å²) in [5, 5.41) is 3.16. The summed E-state index contributed by atoms with van der Waals surface area (Å²) in [7, 11) is 1.83. The zero-order valence-electron chi connectivity index (χ0n) is 12.4. The molecule has 1 rings (SSSR count). The number of benzene rings is 1. The molecular weight excluding hydrogens is 259 g/mol. The van der Waals surface area contributed by atoms with Crippen LogP contribution < -0.4 is 10.2 Å². The zero-order valence-corrected chi connectivity index (χ0v) is 12.4. The normalized spacial score (nSPS) is 12.0. The van der Waals surface area contributed by atoms with Gasteiger partial charge in [0.25, 0.3) is 0 Å². The van der Waals surface area contributed by atoms with Crippen LogP contribution in [0.15, 0.2) is 24.3 Å². The quantitative estimate of drug-likeness (QED) is 0.742. The lowest BCUT2D eigenvalue weighted by Gasteiger charge is -2.25. The molecule has 0 heterocycles. The monoisotopic (exact) mass is 282 g/mol. The van der Waals surface area contributed by atoms with E-state index in [2.05, 4.69) is 5.32 Å². The van der Waals surface area contributed by atoms with Gasteiger partial charge in [-0.25, -0.2) is 4.39 Å². The number of halogens is 1. The molecule has 0 amide bonds. The van der Waals surface area contributed by atoms with Gasteiger partial charge in [-0.05, 0) is 38.1 Å². The fourth-order valence-electron chi connectivity index (χ4n) is 1.88. The van der Waals surface area contributed by atoms with Crippen molar-refractivity contribution in [1.29, 1.82) is 0 Å². The summed E-state index contributed by atoms with van der Waals surface area (Å²) in [6, 6.07) is 5.89. The van der Waals surface area contributed by atoms with Crippen LogP contribution in [0.4, 0.5) is 10.1 Å². The molecular formula is C15H23FN2O2. The van der Waals surface area contributed by atoms with Gasteiger partial charge < -0.3 is 15.0 Å². The summed E-state index contributed by atoms with van der Waals surface area (Å²) < 4.78 is 18.3. The van der Waals surface area contributed by atoms with E-state index in [1.54, 1.807) is 13.0 Å². The van der Waals surface area contributed by atoms with Crippen molar-refractivity contribution in [2.24, 2.45) is 0 Å². The summed E-state index contributed by atoms with van der Waals surface area (Å²) >= 11 is 0. The van der Waals surface area contributed by atoms with Crippen LogP contribution in [0.1, 0.15) is 20.3 Å². The van der Waals surface area contributed by atoms with Crippen molar-refractivity contribution in [1.82, 2.24) is 5.32 Å². The number of anilines is 1. The van der Waals surface area contributed by atoms with Crippen LogP contribution in [-0.4, -0.2) is 38.8 Å². The molecule has 1 N–H and O–H groups in total. The highest BCUT2D eigenvalue weighted by molar-refractivity contribution is 5.76. The van der Waals surface area contributed by atoms with Gasteiger partial charge in [-0.3, -0.25) is 4.79 Å². The Morgan fingerprint density at radius 2 is 2.20 bits per heavy atom. The Labute approximate surface area is 119 Å². The minimum absolute atomic E-state index is 0.274. The van der Waals surface area contributed by atoms with E-state index in [1.807, 2.05) is 24.9 Å². The van der Waals surface area contributed by atoms with E-state index in [0.29, 0.717) is 13.2 Å². The molecule has 0 spiro atoms. The van der Waals surface area contributed by atoms with Gasteiger partial charge in [0.1, 0.15) is 11.9 Å². The number of rotatable bonds is 8. The largest absolute Gasteiger partial charge is 0.465 e. The van der Waals surface area contributed by atoms with Gasteiger partial charge in [0.2, 0.25) is 0 Å². The van der Waals surface area contributed by atoms with Gasteiger partial charge in [0.05, 0.1) is 6.61 Å². The summed E-state index contributed by atoms with van der Waals surface area (Å²) in [4.78, 5) is 13.7. The van der Waals surface area contributed by atoms with Gasteiger partial charge in [-0.15, -0.1) is 0 Å². The van der Waals surface area contributed by atoms with E-state index < -0.39 is 6.04 Å². The Balaban J connectivity index is 2.70. The number of carbonyl (C=O) groups is 1. The lowest BCUT2D eigenvalue weighted by molar-refractivity contribution is -0.145. The van der Waals surface area contributed by atoms with Crippen LogP contribution in [0.3, 0.4) is 0 Å². The Morgan fingerprint density at radius 1 is 1.45 bits per heavy atom. The van der Waals surface area contributed by atoms with Crippen molar-refractivity contribution in [2.75, 3.05) is 31.6 Å². The molecule has 0 aliphatic heterocycles. The topological polar surface area (TPSA) is 41.6 Å². The van der Waals surface area contributed by atoms with Crippen molar-refractivity contribution >= 4 is 11.7 Å². The Hall–Kier alpha value is -1.62. The lowest BCUT2D eigenvalue weighted by Crippen LogP contribution is -2.46. The minimum atomic E-state index is -0.414. The maximum absolute atomic E-state index is 13.2. The lowest BCUT2D eigenvalue weighted by atomic mass is 10.2. The highest BCUT2D eigenvalue weighted by Gasteiger charge is 2.21. The highest BCUT2D eigenvalue weighted by Crippen LogP contribution is 2.14. The second-order valence-corrected chi connectivity index (χ2v) is 4.62. The second-order valence-electron chi connectivity index (χ2n) is 4.62. The number of hydrogen-bond acceptors (Lipinski definition) is 4. The molecule has 0 saturated carbocycles. The number of esters is 1. The van der Waals surface area contributed by atoms with E-state index in [-0.39, 0.29) is 11.8 Å². The van der Waals surface area contributed by atoms with Gasteiger partial charge in [-0.2, -0.15) is 0 Å². The standard InChI is InChI=1S/C15H23FN2O2/c1-4-9-17-14(15(19)20-5-2)11-18(3)13-8-6-7-12(16)10-13/h6-8,10,14,17H,4-5,9,11H2,1-3H3. The maximum atomic E-state index is 13.2. The molecule has 0 radical (unpaired) electrons. The maximum Gasteiger partial charge on any atom is 0.324 e. The number of hydrogen-bond donors (Lipinski definition) is 1. The predicted molar refractivity (Wildman–Crippen MR) is 78.4 cm³/mol. The first-order valence-electron chi connectivity index (χ1n) is 6.95. The van der Waals surface area contributed by atoms with Crippen LogP contribution >= 0.6 is 0 Å². The van der Waals surface area contributed by atoms with Crippen LogP contribution in [0, 0.1) is 5.82 Å². The second kappa shape index (κ2) is 8.53. The molecule has 1 aromatic rings. The summed E-state index contributed by atoms with van der Waals surface area (Å²) in [5.74, 6) is -0.562. The Bertz CT molecular complexity index is 426. The minimum Gasteiger partial charge on any atom is -0.465 e. The van der Waals surface area contributed by atoms with Crippen molar-refractivity contribution < 1.29 is 13.9 Å². The fraction of sp³-hybridized carbons (Fsp3) is 0.533. The predicted octanol–water partition coefficient (Wildman–Crippen LogP) is 2.19. The molecule has 20 heavy (non-hydrogen) atoms. The Morgan fingerprint density at radius 3 is 2.80 bits per heavy atom. The third-order valence-corrected chi connectivity index (χ3v) is 2.92. The average molecular weight is 282 g/mol. The van der Waals surface area contributed by atoms with Crippen molar-refractivity contribution in [2.45, 2.75) is 26.3 Å². The van der Waals surface area contributed by atoms with Crippen LogP contribution in [0.25, 0.3) is 0 Å². The smallest absolute Gasteiger partial charge is 0.324 e. The molecule has 1 atom stereocenters. The van der Waals surface area contributed by atoms with Gasteiger partial charge in [0.15, 0.2) is 0 Å². The fourth-order valence-corrected chi connectivity index (χ4v) is 1.88. The van der Waals surface area contributed by atoms with E-state index in [9.17, 15) is 9.18 Å². The molecule has 1 unspecified atom stereocenters. The highest BCUT2D eigenvalue weighted by atomic mass is 19.1. The van der Waals surface area contributed by atoms with Crippen molar-refractivity contribution in [3.8, 4) is 0 Å². The molecule has 0 aliphatic rings. The molecule has 1 aromatic carbocycles. The van der Waals surface area contributed by atoms with E-state index in [1.165, 1.54) is 12.1 Å².